The Labute approximate surface area is 105 Å². The van der Waals surface area contributed by atoms with E-state index in [2.05, 4.69) is 4.98 Å². The van der Waals surface area contributed by atoms with Crippen LogP contribution in [0.25, 0.3) is 5.52 Å². The van der Waals surface area contributed by atoms with Gasteiger partial charge in [0, 0.05) is 6.42 Å². The highest BCUT2D eigenvalue weighted by molar-refractivity contribution is 7.91. The summed E-state index contributed by atoms with van der Waals surface area (Å²) < 4.78 is 24.7. The van der Waals surface area contributed by atoms with Gasteiger partial charge in [0.2, 0.25) is 0 Å². The molecule has 1 unspecified atom stereocenters. The lowest BCUT2D eigenvalue weighted by Gasteiger charge is -2.06. The lowest BCUT2D eigenvalue weighted by Crippen LogP contribution is -2.09. The number of imidazole rings is 1. The molecule has 0 radical (unpaired) electrons. The molecule has 0 spiro atoms. The van der Waals surface area contributed by atoms with Gasteiger partial charge in [0.1, 0.15) is 11.6 Å². The summed E-state index contributed by atoms with van der Waals surface area (Å²) in [4.78, 5) is 4.30. The zero-order valence-electron chi connectivity index (χ0n) is 9.78. The summed E-state index contributed by atoms with van der Waals surface area (Å²) in [6, 6.07) is 3.40. The van der Waals surface area contributed by atoms with Gasteiger partial charge in [0.25, 0.3) is 0 Å². The molecule has 1 atom stereocenters. The van der Waals surface area contributed by atoms with E-state index in [1.165, 1.54) is 0 Å². The van der Waals surface area contributed by atoms with Crippen molar-refractivity contribution in [3.8, 4) is 5.75 Å². The minimum absolute atomic E-state index is 0.142. The maximum absolute atomic E-state index is 11.4. The lowest BCUT2D eigenvalue weighted by atomic mass is 10.1. The van der Waals surface area contributed by atoms with Gasteiger partial charge in [0.05, 0.1) is 29.4 Å². The van der Waals surface area contributed by atoms with Crippen molar-refractivity contribution in [2.45, 2.75) is 12.8 Å². The summed E-state index contributed by atoms with van der Waals surface area (Å²) in [7, 11) is -2.85. The van der Waals surface area contributed by atoms with Crippen LogP contribution in [0.4, 0.5) is 0 Å². The molecule has 1 aliphatic rings. The Morgan fingerprint density at radius 3 is 3.00 bits per heavy atom. The van der Waals surface area contributed by atoms with Crippen LogP contribution in [0.1, 0.15) is 12.2 Å². The fourth-order valence-corrected chi connectivity index (χ4v) is 4.34. The summed E-state index contributed by atoms with van der Waals surface area (Å²) >= 11 is 0. The number of fused-ring (bicyclic) bond motifs is 1. The maximum atomic E-state index is 11.4. The Kier molecular flexibility index (Phi) is 2.55. The van der Waals surface area contributed by atoms with E-state index in [1.54, 1.807) is 24.5 Å². The third-order valence-electron chi connectivity index (χ3n) is 3.39. The van der Waals surface area contributed by atoms with E-state index in [1.807, 2.05) is 4.40 Å². The van der Waals surface area contributed by atoms with Crippen LogP contribution in [-0.4, -0.2) is 34.4 Å². The van der Waals surface area contributed by atoms with Crippen LogP contribution in [-0.2, 0) is 16.3 Å². The average molecular weight is 266 g/mol. The lowest BCUT2D eigenvalue weighted by molar-refractivity contribution is 0.471. The Morgan fingerprint density at radius 1 is 1.44 bits per heavy atom. The van der Waals surface area contributed by atoms with Crippen molar-refractivity contribution >= 4 is 15.4 Å². The predicted octanol–water partition coefficient (Wildman–Crippen LogP) is 1.02. The van der Waals surface area contributed by atoms with Crippen LogP contribution < -0.4 is 0 Å². The number of aromatic nitrogens is 2. The number of nitrogens with zero attached hydrogens (tertiary/aromatic N) is 2. The molecule has 3 heterocycles. The predicted molar refractivity (Wildman–Crippen MR) is 67.3 cm³/mol. The number of hydrogen-bond acceptors (Lipinski definition) is 4. The normalized spacial score (nSPS) is 22.6. The van der Waals surface area contributed by atoms with Gasteiger partial charge < -0.3 is 9.51 Å². The molecular formula is C12H14N2O3S. The Hall–Kier alpha value is -1.56. The summed E-state index contributed by atoms with van der Waals surface area (Å²) in [5.74, 6) is 1.67. The first-order chi connectivity index (χ1) is 8.53. The summed E-state index contributed by atoms with van der Waals surface area (Å²) in [6.07, 6.45) is 4.69. The van der Waals surface area contributed by atoms with Crippen molar-refractivity contribution in [3.05, 3.63) is 30.4 Å². The quantitative estimate of drug-likeness (QED) is 0.880. The summed E-state index contributed by atoms with van der Waals surface area (Å²) in [5, 5.41) is 9.47. The standard InChI is InChI=1S/C12H14N2O3S/c15-11-2-1-10-6-13-12(14(10)7-11)5-9-3-4-18(16,17)8-9/h1-2,6-7,9,15H,3-5,8H2. The number of rotatable bonds is 2. The highest BCUT2D eigenvalue weighted by Gasteiger charge is 2.28. The van der Waals surface area contributed by atoms with Gasteiger partial charge in [-0.05, 0) is 24.5 Å². The van der Waals surface area contributed by atoms with Gasteiger partial charge in [-0.15, -0.1) is 0 Å². The topological polar surface area (TPSA) is 71.7 Å². The van der Waals surface area contributed by atoms with Crippen LogP contribution in [0.3, 0.4) is 0 Å². The second-order valence-corrected chi connectivity index (χ2v) is 7.06. The van der Waals surface area contributed by atoms with Crippen LogP contribution in [0.5, 0.6) is 5.75 Å². The Bertz CT molecular complexity index is 690. The SMILES string of the molecule is O=S1(=O)CCC(Cc2ncc3ccc(O)cn23)C1. The number of sulfone groups is 1. The van der Waals surface area contributed by atoms with Gasteiger partial charge in [0.15, 0.2) is 9.84 Å². The van der Waals surface area contributed by atoms with Crippen LogP contribution in [0.15, 0.2) is 24.5 Å². The molecule has 5 nitrogen and oxygen atoms in total. The number of aromatic hydroxyl groups is 1. The van der Waals surface area contributed by atoms with E-state index in [0.717, 1.165) is 11.3 Å². The molecule has 1 fully saturated rings. The van der Waals surface area contributed by atoms with E-state index in [0.29, 0.717) is 12.8 Å². The van der Waals surface area contributed by atoms with Crippen molar-refractivity contribution in [1.82, 2.24) is 9.38 Å². The molecule has 0 aromatic carbocycles. The maximum Gasteiger partial charge on any atom is 0.150 e. The minimum Gasteiger partial charge on any atom is -0.506 e. The van der Waals surface area contributed by atoms with E-state index in [9.17, 15) is 13.5 Å². The number of hydrogen-bond donors (Lipinski definition) is 1. The third-order valence-corrected chi connectivity index (χ3v) is 5.22. The Balaban J connectivity index is 1.89. The first-order valence-corrected chi connectivity index (χ1v) is 7.71. The van der Waals surface area contributed by atoms with Crippen molar-refractivity contribution in [2.75, 3.05) is 11.5 Å². The molecule has 0 saturated carbocycles. The summed E-state index contributed by atoms with van der Waals surface area (Å²) in [5.41, 5.74) is 0.906. The molecular weight excluding hydrogens is 252 g/mol. The first kappa shape index (κ1) is 11.5. The molecule has 2 aromatic heterocycles. The van der Waals surface area contributed by atoms with E-state index < -0.39 is 9.84 Å². The van der Waals surface area contributed by atoms with Crippen LogP contribution in [0, 0.1) is 5.92 Å². The second-order valence-electron chi connectivity index (χ2n) is 4.83. The van der Waals surface area contributed by atoms with Crippen molar-refractivity contribution in [3.63, 3.8) is 0 Å². The smallest absolute Gasteiger partial charge is 0.150 e. The van der Waals surface area contributed by atoms with Gasteiger partial charge >= 0.3 is 0 Å². The highest BCUT2D eigenvalue weighted by atomic mass is 32.2. The molecule has 1 aliphatic heterocycles. The van der Waals surface area contributed by atoms with Gasteiger partial charge in [-0.1, -0.05) is 0 Å². The molecule has 0 amide bonds. The zero-order chi connectivity index (χ0) is 12.8. The van der Waals surface area contributed by atoms with Gasteiger partial charge in [-0.2, -0.15) is 0 Å². The second kappa shape index (κ2) is 3.98. The zero-order valence-corrected chi connectivity index (χ0v) is 10.6. The number of pyridine rings is 1. The highest BCUT2D eigenvalue weighted by Crippen LogP contribution is 2.23. The fourth-order valence-electron chi connectivity index (χ4n) is 2.47. The van der Waals surface area contributed by atoms with Crippen LogP contribution >= 0.6 is 0 Å². The molecule has 6 heteroatoms. The largest absolute Gasteiger partial charge is 0.506 e. The fraction of sp³-hybridized carbons (Fsp3) is 0.417. The molecule has 0 bridgehead atoms. The third kappa shape index (κ3) is 2.08. The molecule has 2 aromatic rings. The van der Waals surface area contributed by atoms with E-state index in [4.69, 9.17) is 0 Å². The van der Waals surface area contributed by atoms with Gasteiger partial charge in [-0.3, -0.25) is 0 Å². The summed E-state index contributed by atoms with van der Waals surface area (Å²) in [6.45, 7) is 0. The molecule has 96 valence electrons. The minimum atomic E-state index is -2.85. The van der Waals surface area contributed by atoms with Crippen molar-refractivity contribution in [2.24, 2.45) is 5.92 Å². The molecule has 1 N–H and O–H groups in total. The van der Waals surface area contributed by atoms with E-state index >= 15 is 0 Å². The first-order valence-electron chi connectivity index (χ1n) is 5.89. The average Bonchev–Trinajstić information content (AvgIpc) is 2.84. The molecule has 18 heavy (non-hydrogen) atoms. The van der Waals surface area contributed by atoms with Gasteiger partial charge in [-0.25, -0.2) is 13.4 Å². The molecule has 3 rings (SSSR count). The van der Waals surface area contributed by atoms with Crippen molar-refractivity contribution in [1.29, 1.82) is 0 Å². The van der Waals surface area contributed by atoms with E-state index in [-0.39, 0.29) is 23.2 Å². The monoisotopic (exact) mass is 266 g/mol. The van der Waals surface area contributed by atoms with Crippen molar-refractivity contribution < 1.29 is 13.5 Å². The Morgan fingerprint density at radius 2 is 2.28 bits per heavy atom. The van der Waals surface area contributed by atoms with Crippen LogP contribution in [0.2, 0.25) is 0 Å². The molecule has 1 saturated heterocycles. The molecule has 0 aliphatic carbocycles.